The summed E-state index contributed by atoms with van der Waals surface area (Å²) in [4.78, 5) is 22.4. The van der Waals surface area contributed by atoms with Crippen molar-refractivity contribution in [3.05, 3.63) is 12.7 Å². The Morgan fingerprint density at radius 2 is 1.46 bits per heavy atom. The van der Waals surface area contributed by atoms with Gasteiger partial charge in [0.2, 0.25) is 0 Å². The number of rotatable bonds is 25. The molecule has 0 aromatic carbocycles. The molecule has 224 valence electrons. The Hall–Kier alpha value is -1.58. The molecule has 0 aliphatic rings. The molecule has 2 aromatic heterocycles. The van der Waals surface area contributed by atoms with Crippen LogP contribution in [0.1, 0.15) is 110 Å². The highest BCUT2D eigenvalue weighted by atomic mass is 31.2. The molecule has 3 N–H and O–H groups in total. The third-order valence-corrected chi connectivity index (χ3v) is 7.88. The summed E-state index contributed by atoms with van der Waals surface area (Å²) in [6.45, 7) is 5.48. The summed E-state index contributed by atoms with van der Waals surface area (Å²) in [5.41, 5.74) is 6.91. The van der Waals surface area contributed by atoms with Gasteiger partial charge in [-0.1, -0.05) is 96.8 Å². The van der Waals surface area contributed by atoms with Crippen molar-refractivity contribution in [3.63, 3.8) is 0 Å². The molecule has 0 spiro atoms. The second-order valence-electron chi connectivity index (χ2n) is 10.5. The van der Waals surface area contributed by atoms with Crippen LogP contribution in [0.25, 0.3) is 11.2 Å². The minimum Gasteiger partial charge on any atom is -0.382 e. The third kappa shape index (κ3) is 15.1. The van der Waals surface area contributed by atoms with Crippen LogP contribution < -0.4 is 5.73 Å². The van der Waals surface area contributed by atoms with E-state index in [1.807, 2.05) is 0 Å². The molecule has 10 nitrogen and oxygen atoms in total. The first-order valence-electron chi connectivity index (χ1n) is 15.0. The van der Waals surface area contributed by atoms with E-state index in [0.29, 0.717) is 36.7 Å². The highest BCUT2D eigenvalue weighted by molar-refractivity contribution is 7.52. The molecule has 0 aliphatic heterocycles. The first-order chi connectivity index (χ1) is 18.9. The SMILES string of the molecule is CCCCCCCCCCCCCCCCCOCCOP(=O)(O)COC(C)Cn1cnc2c(N)ncnc21. The fourth-order valence-electron chi connectivity index (χ4n) is 4.54. The van der Waals surface area contributed by atoms with Crippen LogP contribution in [0.5, 0.6) is 0 Å². The Kier molecular flexibility index (Phi) is 17.5. The Morgan fingerprint density at radius 1 is 0.872 bits per heavy atom. The van der Waals surface area contributed by atoms with Crippen molar-refractivity contribution in [2.45, 2.75) is 123 Å². The van der Waals surface area contributed by atoms with Gasteiger partial charge < -0.3 is 29.2 Å². The summed E-state index contributed by atoms with van der Waals surface area (Å²) in [6, 6.07) is 0. The molecule has 2 rings (SSSR count). The van der Waals surface area contributed by atoms with E-state index in [1.165, 1.54) is 89.8 Å². The molecule has 0 aliphatic carbocycles. The van der Waals surface area contributed by atoms with Gasteiger partial charge in [-0.25, -0.2) is 15.0 Å². The molecule has 0 amide bonds. The van der Waals surface area contributed by atoms with Crippen molar-refractivity contribution in [2.24, 2.45) is 0 Å². The second-order valence-corrected chi connectivity index (χ2v) is 12.3. The highest BCUT2D eigenvalue weighted by Crippen LogP contribution is 2.41. The van der Waals surface area contributed by atoms with Crippen molar-refractivity contribution in [3.8, 4) is 0 Å². The van der Waals surface area contributed by atoms with E-state index < -0.39 is 13.9 Å². The van der Waals surface area contributed by atoms with E-state index in [1.54, 1.807) is 17.8 Å². The zero-order valence-corrected chi connectivity index (χ0v) is 25.2. The van der Waals surface area contributed by atoms with Gasteiger partial charge in [0.1, 0.15) is 18.2 Å². The number of nitrogen functional groups attached to an aromatic ring is 1. The van der Waals surface area contributed by atoms with Crippen molar-refractivity contribution in [1.29, 1.82) is 0 Å². The van der Waals surface area contributed by atoms with Gasteiger partial charge >= 0.3 is 7.60 Å². The maximum atomic E-state index is 12.3. The summed E-state index contributed by atoms with van der Waals surface area (Å²) in [7, 11) is -3.86. The van der Waals surface area contributed by atoms with Gasteiger partial charge in [0, 0.05) is 6.61 Å². The van der Waals surface area contributed by atoms with Gasteiger partial charge in [-0.05, 0) is 13.3 Å². The Balaban J connectivity index is 1.38. The maximum absolute atomic E-state index is 12.3. The number of unbranched alkanes of at least 4 members (excludes halogenated alkanes) is 14. The summed E-state index contributed by atoms with van der Waals surface area (Å²) >= 11 is 0. The zero-order valence-electron chi connectivity index (χ0n) is 24.3. The molecule has 2 aromatic rings. The summed E-state index contributed by atoms with van der Waals surface area (Å²) in [5, 5.41) is 0. The maximum Gasteiger partial charge on any atom is 0.353 e. The molecule has 0 bridgehead atoms. The molecule has 11 heteroatoms. The summed E-state index contributed by atoms with van der Waals surface area (Å²) in [6.07, 6.45) is 22.2. The number of hydrogen-bond acceptors (Lipinski definition) is 8. The Labute approximate surface area is 235 Å². The van der Waals surface area contributed by atoms with Crippen molar-refractivity contribution in [2.75, 3.05) is 31.9 Å². The van der Waals surface area contributed by atoms with E-state index in [-0.39, 0.29) is 12.7 Å². The number of imidazole rings is 1. The van der Waals surface area contributed by atoms with Crippen molar-refractivity contribution in [1.82, 2.24) is 19.5 Å². The quantitative estimate of drug-likeness (QED) is 0.0971. The third-order valence-electron chi connectivity index (χ3n) is 6.82. The molecule has 2 atom stereocenters. The van der Waals surface area contributed by atoms with Crippen molar-refractivity contribution < 1.29 is 23.5 Å². The lowest BCUT2D eigenvalue weighted by atomic mass is 10.0. The van der Waals surface area contributed by atoms with Gasteiger partial charge in [-0.2, -0.15) is 0 Å². The molecule has 0 radical (unpaired) electrons. The smallest absolute Gasteiger partial charge is 0.353 e. The average molecular weight is 570 g/mol. The Morgan fingerprint density at radius 3 is 2.08 bits per heavy atom. The van der Waals surface area contributed by atoms with E-state index >= 15 is 0 Å². The van der Waals surface area contributed by atoms with Crippen LogP contribution in [0.4, 0.5) is 5.82 Å². The molecule has 39 heavy (non-hydrogen) atoms. The molecule has 0 saturated carbocycles. The van der Waals surface area contributed by atoms with Gasteiger partial charge in [0.05, 0.1) is 32.2 Å². The van der Waals surface area contributed by atoms with Crippen LogP contribution in [0.2, 0.25) is 0 Å². The molecule has 0 saturated heterocycles. The normalized spacial score (nSPS) is 14.1. The largest absolute Gasteiger partial charge is 0.382 e. The number of nitrogens with zero attached hydrogens (tertiary/aromatic N) is 4. The standard InChI is InChI=1S/C28H52N5O5P/c1-3-4-5-6-7-8-9-10-11-12-13-14-15-16-17-18-36-19-20-38-39(34,35)24-37-25(2)21-33-23-32-26-27(29)30-22-31-28(26)33/h22-23,25H,3-21,24H2,1-2H3,(H,34,35)(H2,29,30,31). The second kappa shape index (κ2) is 20.3. The van der Waals surface area contributed by atoms with Crippen LogP contribution in [-0.4, -0.2) is 56.7 Å². The molecule has 2 unspecified atom stereocenters. The van der Waals surface area contributed by atoms with Gasteiger partial charge in [-0.15, -0.1) is 0 Å². The number of fused-ring (bicyclic) bond motifs is 1. The minimum atomic E-state index is -3.86. The lowest BCUT2D eigenvalue weighted by molar-refractivity contribution is 0.0610. The number of aromatic nitrogens is 4. The molecule has 2 heterocycles. The van der Waals surface area contributed by atoms with Crippen LogP contribution in [-0.2, 0) is 25.1 Å². The number of ether oxygens (including phenoxy) is 2. The fraction of sp³-hybridized carbons (Fsp3) is 0.821. The summed E-state index contributed by atoms with van der Waals surface area (Å²) in [5.74, 6) is 0.308. The lowest BCUT2D eigenvalue weighted by Crippen LogP contribution is -2.18. The van der Waals surface area contributed by atoms with Crippen LogP contribution >= 0.6 is 7.60 Å². The van der Waals surface area contributed by atoms with E-state index in [9.17, 15) is 9.46 Å². The summed E-state index contributed by atoms with van der Waals surface area (Å²) < 4.78 is 30.3. The fourth-order valence-corrected chi connectivity index (χ4v) is 5.41. The highest BCUT2D eigenvalue weighted by Gasteiger charge is 2.21. The number of anilines is 1. The monoisotopic (exact) mass is 569 g/mol. The predicted octanol–water partition coefficient (Wildman–Crippen LogP) is 6.86. The number of nitrogens with two attached hydrogens (primary N) is 1. The minimum absolute atomic E-state index is 0.0621. The van der Waals surface area contributed by atoms with Crippen LogP contribution in [0.15, 0.2) is 12.7 Å². The lowest BCUT2D eigenvalue weighted by Gasteiger charge is -2.17. The van der Waals surface area contributed by atoms with Crippen molar-refractivity contribution >= 4 is 24.6 Å². The topological polar surface area (TPSA) is 135 Å². The van der Waals surface area contributed by atoms with Gasteiger partial charge in [0.15, 0.2) is 11.5 Å². The molecular weight excluding hydrogens is 517 g/mol. The van der Waals surface area contributed by atoms with E-state index in [0.717, 1.165) is 12.8 Å². The average Bonchev–Trinajstić information content (AvgIpc) is 3.32. The Bertz CT molecular complexity index is 944. The van der Waals surface area contributed by atoms with Crippen LogP contribution in [0, 0.1) is 0 Å². The van der Waals surface area contributed by atoms with Gasteiger partial charge in [0.25, 0.3) is 0 Å². The molecular formula is C28H52N5O5P. The first-order valence-corrected chi connectivity index (χ1v) is 16.8. The van der Waals surface area contributed by atoms with Gasteiger partial charge in [-0.3, -0.25) is 4.57 Å². The van der Waals surface area contributed by atoms with Crippen LogP contribution in [0.3, 0.4) is 0 Å². The first kappa shape index (κ1) is 33.6. The van der Waals surface area contributed by atoms with E-state index in [4.69, 9.17) is 19.7 Å². The van der Waals surface area contributed by atoms with E-state index in [2.05, 4.69) is 21.9 Å². The number of hydrogen-bond donors (Lipinski definition) is 2. The predicted molar refractivity (Wildman–Crippen MR) is 157 cm³/mol. The zero-order chi connectivity index (χ0) is 28.2. The molecule has 0 fully saturated rings.